The van der Waals surface area contributed by atoms with Gasteiger partial charge in [-0.15, -0.1) is 0 Å². The van der Waals surface area contributed by atoms with Crippen LogP contribution in [-0.4, -0.2) is 47.4 Å². The fourth-order valence-corrected chi connectivity index (χ4v) is 10.2. The summed E-state index contributed by atoms with van der Waals surface area (Å²) in [5, 5.41) is 23.0. The van der Waals surface area contributed by atoms with E-state index in [1.54, 1.807) is 6.08 Å². The largest absolute Gasteiger partial charge is 0.466 e. The molecule has 2 atom stereocenters. The molecular weight excluding hydrogens is 887 g/mol. The van der Waals surface area contributed by atoms with Crippen molar-refractivity contribution in [2.24, 2.45) is 0 Å². The average Bonchev–Trinajstić information content (AvgIpc) is 3.38. The Labute approximate surface area is 450 Å². The fourth-order valence-electron chi connectivity index (χ4n) is 10.2. The molecule has 6 heteroatoms. The number of allylic oxidation sites excluding steroid dienone is 3. The summed E-state index contributed by atoms with van der Waals surface area (Å²) in [5.74, 6) is -0.0526. The molecule has 0 bridgehead atoms. The molecule has 0 saturated carbocycles. The average molecular weight is 1010 g/mol. The first-order valence-corrected chi connectivity index (χ1v) is 32.6. The Kier molecular flexibility index (Phi) is 60.5. The Bertz CT molecular complexity index is 1120. The van der Waals surface area contributed by atoms with E-state index in [2.05, 4.69) is 31.3 Å². The summed E-state index contributed by atoms with van der Waals surface area (Å²) in [6.45, 7) is 4.90. The number of aliphatic hydroxyl groups is 2. The lowest BCUT2D eigenvalue weighted by atomic mass is 10.0. The van der Waals surface area contributed by atoms with Gasteiger partial charge in [0, 0.05) is 12.8 Å². The second-order valence-corrected chi connectivity index (χ2v) is 22.5. The second kappa shape index (κ2) is 61.9. The number of rotatable bonds is 61. The van der Waals surface area contributed by atoms with Crippen molar-refractivity contribution in [1.82, 2.24) is 5.32 Å². The van der Waals surface area contributed by atoms with Crippen molar-refractivity contribution >= 4 is 11.9 Å². The third-order valence-corrected chi connectivity index (χ3v) is 15.2. The molecule has 0 rings (SSSR count). The maximum atomic E-state index is 12.4. The normalized spacial score (nSPS) is 12.7. The molecule has 0 fully saturated rings. The van der Waals surface area contributed by atoms with Crippen molar-refractivity contribution < 1.29 is 24.5 Å². The molecule has 0 aromatic rings. The molecular formula is C66H127NO5. The lowest BCUT2D eigenvalue weighted by Gasteiger charge is -2.20. The molecule has 1 amide bonds. The number of esters is 1. The molecule has 0 saturated heterocycles. The maximum absolute atomic E-state index is 12.4. The van der Waals surface area contributed by atoms with Crippen LogP contribution in [0.25, 0.3) is 0 Å². The minimum atomic E-state index is -0.840. The van der Waals surface area contributed by atoms with Crippen molar-refractivity contribution in [2.75, 3.05) is 13.2 Å². The molecule has 426 valence electrons. The first kappa shape index (κ1) is 70.3. The van der Waals surface area contributed by atoms with Gasteiger partial charge in [-0.05, 0) is 57.8 Å². The molecule has 72 heavy (non-hydrogen) atoms. The highest BCUT2D eigenvalue weighted by Crippen LogP contribution is 2.18. The van der Waals surface area contributed by atoms with Crippen LogP contribution in [0, 0.1) is 0 Å². The number of carbonyl (C=O) groups is 2. The summed E-state index contributed by atoms with van der Waals surface area (Å²) in [7, 11) is 0. The van der Waals surface area contributed by atoms with Gasteiger partial charge >= 0.3 is 5.97 Å². The van der Waals surface area contributed by atoms with Gasteiger partial charge in [0.15, 0.2) is 0 Å². The Morgan fingerprint density at radius 3 is 0.986 bits per heavy atom. The van der Waals surface area contributed by atoms with E-state index in [1.807, 2.05) is 6.08 Å². The molecule has 2 unspecified atom stereocenters. The van der Waals surface area contributed by atoms with Gasteiger partial charge in [0.1, 0.15) is 0 Å². The van der Waals surface area contributed by atoms with E-state index in [9.17, 15) is 19.8 Å². The molecule has 0 aliphatic carbocycles. The van der Waals surface area contributed by atoms with Crippen LogP contribution < -0.4 is 5.32 Å². The third-order valence-electron chi connectivity index (χ3n) is 15.2. The monoisotopic (exact) mass is 1010 g/mol. The van der Waals surface area contributed by atoms with Crippen LogP contribution in [-0.2, 0) is 14.3 Å². The summed E-state index contributed by atoms with van der Waals surface area (Å²) < 4.78 is 5.48. The summed E-state index contributed by atoms with van der Waals surface area (Å²) in [4.78, 5) is 24.5. The number of amides is 1. The van der Waals surface area contributed by atoms with Crippen LogP contribution >= 0.6 is 0 Å². The summed E-state index contributed by atoms with van der Waals surface area (Å²) in [5.41, 5.74) is 0. The van der Waals surface area contributed by atoms with E-state index in [-0.39, 0.29) is 18.5 Å². The smallest absolute Gasteiger partial charge is 0.305 e. The van der Waals surface area contributed by atoms with Crippen LogP contribution in [0.5, 0.6) is 0 Å². The Morgan fingerprint density at radius 2 is 0.653 bits per heavy atom. The van der Waals surface area contributed by atoms with E-state index in [0.29, 0.717) is 19.4 Å². The van der Waals surface area contributed by atoms with Gasteiger partial charge in [0.25, 0.3) is 0 Å². The van der Waals surface area contributed by atoms with Crippen molar-refractivity contribution in [3.05, 3.63) is 24.3 Å². The van der Waals surface area contributed by atoms with Crippen LogP contribution in [0.15, 0.2) is 24.3 Å². The molecule has 0 heterocycles. The second-order valence-electron chi connectivity index (χ2n) is 22.5. The molecule has 0 aliphatic heterocycles. The van der Waals surface area contributed by atoms with Crippen molar-refractivity contribution in [2.45, 2.75) is 373 Å². The number of hydrogen-bond acceptors (Lipinski definition) is 5. The van der Waals surface area contributed by atoms with Crippen molar-refractivity contribution in [3.63, 3.8) is 0 Å². The number of aliphatic hydroxyl groups excluding tert-OH is 2. The Hall–Kier alpha value is -1.66. The molecule has 6 nitrogen and oxygen atoms in total. The zero-order valence-corrected chi connectivity index (χ0v) is 48.7. The summed E-state index contributed by atoms with van der Waals surface area (Å²) in [6, 6.07) is -0.623. The lowest BCUT2D eigenvalue weighted by molar-refractivity contribution is -0.143. The standard InChI is InChI=1S/C66H127NO5/c1-3-5-7-9-11-13-15-16-36-40-44-48-52-56-60-66(71)72-61-57-53-49-45-41-37-34-32-30-28-26-24-22-20-18-17-19-21-23-25-27-29-31-33-35-39-43-47-51-55-59-65(70)67-63(62-68)64(69)58-54-50-46-42-38-14-12-10-8-6-4-2/h15-16,54,58,63-64,68-69H,3-14,17-53,55-57,59-62H2,1-2H3,(H,67,70)/b16-15-,58-54+. The third kappa shape index (κ3) is 57.6. The number of unbranched alkanes of at least 4 members (excludes halogenated alkanes) is 48. The zero-order valence-electron chi connectivity index (χ0n) is 48.7. The van der Waals surface area contributed by atoms with Gasteiger partial charge in [-0.1, -0.05) is 314 Å². The van der Waals surface area contributed by atoms with Crippen LogP contribution in [0.1, 0.15) is 361 Å². The van der Waals surface area contributed by atoms with E-state index < -0.39 is 12.1 Å². The van der Waals surface area contributed by atoms with Gasteiger partial charge in [-0.2, -0.15) is 0 Å². The Balaban J connectivity index is 3.32. The van der Waals surface area contributed by atoms with Crippen LogP contribution in [0.2, 0.25) is 0 Å². The molecule has 0 spiro atoms. The molecule has 0 aromatic heterocycles. The van der Waals surface area contributed by atoms with E-state index in [1.165, 1.54) is 289 Å². The van der Waals surface area contributed by atoms with Crippen molar-refractivity contribution in [3.8, 4) is 0 Å². The van der Waals surface area contributed by atoms with Gasteiger partial charge < -0.3 is 20.3 Å². The van der Waals surface area contributed by atoms with Gasteiger partial charge in [0.2, 0.25) is 5.91 Å². The number of carbonyl (C=O) groups excluding carboxylic acids is 2. The van der Waals surface area contributed by atoms with Crippen molar-refractivity contribution in [1.29, 1.82) is 0 Å². The minimum absolute atomic E-state index is 0.0114. The SMILES string of the molecule is CCCCCCC/C=C\CCCCCCCC(=O)OCCCCCCCCCCCCCCCCCCCCCCCCCCCCCCCCC(=O)NC(CO)C(O)/C=C/CCCCCCCCCCC. The number of hydrogen-bond donors (Lipinski definition) is 3. The maximum Gasteiger partial charge on any atom is 0.305 e. The minimum Gasteiger partial charge on any atom is -0.466 e. The summed E-state index contributed by atoms with van der Waals surface area (Å²) >= 11 is 0. The highest BCUT2D eigenvalue weighted by atomic mass is 16.5. The quantitative estimate of drug-likeness (QED) is 0.0320. The highest BCUT2D eigenvalue weighted by molar-refractivity contribution is 5.76. The predicted octanol–water partition coefficient (Wildman–Crippen LogP) is 20.6. The van der Waals surface area contributed by atoms with E-state index >= 15 is 0 Å². The number of nitrogens with one attached hydrogen (secondary N) is 1. The molecule has 0 aliphatic rings. The zero-order chi connectivity index (χ0) is 52.2. The van der Waals surface area contributed by atoms with Gasteiger partial charge in [0.05, 0.1) is 25.4 Å². The van der Waals surface area contributed by atoms with E-state index in [0.717, 1.165) is 44.9 Å². The van der Waals surface area contributed by atoms with Crippen LogP contribution in [0.3, 0.4) is 0 Å². The van der Waals surface area contributed by atoms with Gasteiger partial charge in [-0.25, -0.2) is 0 Å². The first-order chi connectivity index (χ1) is 35.5. The molecule has 0 aromatic carbocycles. The number of ether oxygens (including phenoxy) is 1. The van der Waals surface area contributed by atoms with Crippen LogP contribution in [0.4, 0.5) is 0 Å². The van der Waals surface area contributed by atoms with E-state index in [4.69, 9.17) is 4.74 Å². The lowest BCUT2D eigenvalue weighted by Crippen LogP contribution is -2.45. The first-order valence-electron chi connectivity index (χ1n) is 32.6. The predicted molar refractivity (Wildman–Crippen MR) is 315 cm³/mol. The molecule has 0 radical (unpaired) electrons. The molecule has 3 N–H and O–H groups in total. The highest BCUT2D eigenvalue weighted by Gasteiger charge is 2.18. The van der Waals surface area contributed by atoms with Gasteiger partial charge in [-0.3, -0.25) is 9.59 Å². The fraction of sp³-hybridized carbons (Fsp3) is 0.909. The summed E-state index contributed by atoms with van der Waals surface area (Å²) in [6.07, 6.45) is 76.8. The topological polar surface area (TPSA) is 95.9 Å². The Morgan fingerprint density at radius 1 is 0.375 bits per heavy atom.